The van der Waals surface area contributed by atoms with E-state index >= 15 is 0 Å². The molecule has 1 aromatic rings. The van der Waals surface area contributed by atoms with Crippen molar-refractivity contribution in [3.63, 3.8) is 0 Å². The van der Waals surface area contributed by atoms with Crippen molar-refractivity contribution in [2.75, 3.05) is 0 Å². The number of rotatable bonds is 9. The van der Waals surface area contributed by atoms with E-state index in [1.54, 1.807) is 0 Å². The summed E-state index contributed by atoms with van der Waals surface area (Å²) in [6.07, 6.45) is 6.80. The quantitative estimate of drug-likeness (QED) is 0.433. The molecular formula is C22H38O2Si. The molecule has 0 unspecified atom stereocenters. The van der Waals surface area contributed by atoms with Crippen molar-refractivity contribution in [1.82, 2.24) is 0 Å². The fraction of sp³-hybridized carbons (Fsp3) is 0.636. The van der Waals surface area contributed by atoms with E-state index in [0.717, 1.165) is 12.8 Å². The maximum absolute atomic E-state index is 10.0. The Hall–Kier alpha value is -0.903. The van der Waals surface area contributed by atoms with Crippen LogP contribution in [0.5, 0.6) is 0 Å². The highest BCUT2D eigenvalue weighted by molar-refractivity contribution is 6.74. The molecule has 0 fully saturated rings. The summed E-state index contributed by atoms with van der Waals surface area (Å²) < 4.78 is 6.64. The normalized spacial score (nSPS) is 15.7. The number of hydrogen-bond acceptors (Lipinski definition) is 2. The van der Waals surface area contributed by atoms with Gasteiger partial charge >= 0.3 is 0 Å². The molecule has 0 radical (unpaired) electrons. The highest BCUT2D eigenvalue weighted by Gasteiger charge is 2.38. The molecule has 25 heavy (non-hydrogen) atoms. The Morgan fingerprint density at radius 3 is 2.24 bits per heavy atom. The van der Waals surface area contributed by atoms with Crippen LogP contribution in [0.25, 0.3) is 0 Å². The van der Waals surface area contributed by atoms with E-state index < -0.39 is 8.32 Å². The first-order valence-corrected chi connectivity index (χ1v) is 12.5. The Morgan fingerprint density at radius 1 is 1.12 bits per heavy atom. The molecule has 2 nitrogen and oxygen atoms in total. The Labute approximate surface area is 156 Å². The van der Waals surface area contributed by atoms with E-state index in [0.29, 0.717) is 6.42 Å². The second-order valence-electron chi connectivity index (χ2n) is 8.92. The molecule has 0 spiro atoms. The van der Waals surface area contributed by atoms with Crippen LogP contribution < -0.4 is 0 Å². The van der Waals surface area contributed by atoms with E-state index in [1.807, 2.05) is 0 Å². The van der Waals surface area contributed by atoms with E-state index in [1.165, 1.54) is 5.56 Å². The SMILES string of the molecule is CC(C)[C@@H](O)C/C=C/[C@@H](CCc1ccccc1)O[Si](C)(C)C(C)(C)C. The van der Waals surface area contributed by atoms with Crippen LogP contribution in [0.15, 0.2) is 42.5 Å². The summed E-state index contributed by atoms with van der Waals surface area (Å²) in [6, 6.07) is 10.6. The zero-order chi connectivity index (χ0) is 19.1. The molecule has 0 saturated heterocycles. The van der Waals surface area contributed by atoms with E-state index in [-0.39, 0.29) is 23.2 Å². The van der Waals surface area contributed by atoms with Gasteiger partial charge < -0.3 is 9.53 Å². The minimum Gasteiger partial charge on any atom is -0.411 e. The monoisotopic (exact) mass is 362 g/mol. The predicted octanol–water partition coefficient (Wildman–Crippen LogP) is 5.97. The van der Waals surface area contributed by atoms with Crippen molar-refractivity contribution >= 4 is 8.32 Å². The first kappa shape index (κ1) is 22.1. The molecule has 1 rings (SSSR count). The molecule has 142 valence electrons. The number of benzene rings is 1. The minimum absolute atomic E-state index is 0.112. The molecule has 1 N–H and O–H groups in total. The fourth-order valence-corrected chi connectivity index (χ4v) is 3.65. The molecular weight excluding hydrogens is 324 g/mol. The van der Waals surface area contributed by atoms with Crippen molar-refractivity contribution in [1.29, 1.82) is 0 Å². The molecule has 0 heterocycles. The summed E-state index contributed by atoms with van der Waals surface area (Å²) in [5, 5.41) is 10.2. The molecule has 1 aromatic carbocycles. The van der Waals surface area contributed by atoms with Gasteiger partial charge in [0.25, 0.3) is 0 Å². The predicted molar refractivity (Wildman–Crippen MR) is 111 cm³/mol. The Bertz CT molecular complexity index is 515. The molecule has 0 amide bonds. The Balaban J connectivity index is 2.77. The molecule has 0 aliphatic rings. The molecule has 0 aliphatic carbocycles. The molecule has 0 aliphatic heterocycles. The minimum atomic E-state index is -1.82. The molecule has 0 saturated carbocycles. The lowest BCUT2D eigenvalue weighted by atomic mass is 10.0. The summed E-state index contributed by atoms with van der Waals surface area (Å²) in [4.78, 5) is 0. The van der Waals surface area contributed by atoms with Gasteiger partial charge in [-0.2, -0.15) is 0 Å². The maximum Gasteiger partial charge on any atom is 0.192 e. The average Bonchev–Trinajstić information content (AvgIpc) is 2.51. The van der Waals surface area contributed by atoms with Crippen molar-refractivity contribution in [2.24, 2.45) is 5.92 Å². The van der Waals surface area contributed by atoms with Crippen LogP contribution in [0.2, 0.25) is 18.1 Å². The first-order chi connectivity index (χ1) is 11.5. The second kappa shape index (κ2) is 9.70. The zero-order valence-electron chi connectivity index (χ0n) is 17.3. The standard InChI is InChI=1S/C22H38O2Si/c1-18(2)21(23)15-11-14-20(24-25(6,7)22(3,4)5)17-16-19-12-9-8-10-13-19/h8-14,18,20-21,23H,15-17H2,1-7H3/b14-11+/t20-,21-/m0/s1. The number of hydrogen-bond donors (Lipinski definition) is 1. The summed E-state index contributed by atoms with van der Waals surface area (Å²) in [7, 11) is -1.82. The number of aliphatic hydroxyl groups excluding tert-OH is 1. The van der Waals surface area contributed by atoms with Crippen LogP contribution in [-0.2, 0) is 10.8 Å². The van der Waals surface area contributed by atoms with Crippen LogP contribution in [0.1, 0.15) is 53.0 Å². The van der Waals surface area contributed by atoms with E-state index in [4.69, 9.17) is 4.43 Å². The van der Waals surface area contributed by atoms with Gasteiger partial charge in [0.05, 0.1) is 12.2 Å². The van der Waals surface area contributed by atoms with Gasteiger partial charge in [0.2, 0.25) is 0 Å². The zero-order valence-corrected chi connectivity index (χ0v) is 18.3. The number of aryl methyl sites for hydroxylation is 1. The van der Waals surface area contributed by atoms with Gasteiger partial charge in [-0.05, 0) is 48.9 Å². The van der Waals surface area contributed by atoms with Crippen molar-refractivity contribution < 1.29 is 9.53 Å². The molecule has 0 bridgehead atoms. The van der Waals surface area contributed by atoms with Crippen LogP contribution in [-0.4, -0.2) is 25.6 Å². The first-order valence-electron chi connectivity index (χ1n) is 9.59. The highest BCUT2D eigenvalue weighted by atomic mass is 28.4. The van der Waals surface area contributed by atoms with Gasteiger partial charge in [0.15, 0.2) is 8.32 Å². The Morgan fingerprint density at radius 2 is 1.72 bits per heavy atom. The molecule has 0 aromatic heterocycles. The Kier molecular flexibility index (Phi) is 8.59. The lowest BCUT2D eigenvalue weighted by Crippen LogP contribution is -2.43. The van der Waals surface area contributed by atoms with Gasteiger partial charge in [0.1, 0.15) is 0 Å². The molecule has 3 heteroatoms. The van der Waals surface area contributed by atoms with Gasteiger partial charge in [0, 0.05) is 0 Å². The lowest BCUT2D eigenvalue weighted by Gasteiger charge is -2.38. The average molecular weight is 363 g/mol. The highest BCUT2D eigenvalue weighted by Crippen LogP contribution is 2.38. The van der Waals surface area contributed by atoms with E-state index in [2.05, 4.69) is 90.2 Å². The summed E-state index contributed by atoms with van der Waals surface area (Å²) in [5.74, 6) is 0.286. The van der Waals surface area contributed by atoms with Crippen LogP contribution >= 0.6 is 0 Å². The summed E-state index contributed by atoms with van der Waals surface area (Å²) in [6.45, 7) is 15.5. The third-order valence-corrected chi connectivity index (χ3v) is 9.81. The fourth-order valence-electron chi connectivity index (χ4n) is 2.35. The summed E-state index contributed by atoms with van der Waals surface area (Å²) >= 11 is 0. The van der Waals surface area contributed by atoms with Crippen LogP contribution in [0.3, 0.4) is 0 Å². The van der Waals surface area contributed by atoms with E-state index in [9.17, 15) is 5.11 Å². The smallest absolute Gasteiger partial charge is 0.192 e. The van der Waals surface area contributed by atoms with Crippen LogP contribution in [0.4, 0.5) is 0 Å². The second-order valence-corrected chi connectivity index (χ2v) is 13.7. The molecule has 2 atom stereocenters. The lowest BCUT2D eigenvalue weighted by molar-refractivity contribution is 0.128. The van der Waals surface area contributed by atoms with Crippen LogP contribution in [0, 0.1) is 5.92 Å². The topological polar surface area (TPSA) is 29.5 Å². The van der Waals surface area contributed by atoms with Gasteiger partial charge in [-0.15, -0.1) is 0 Å². The van der Waals surface area contributed by atoms with Gasteiger partial charge in [-0.3, -0.25) is 0 Å². The van der Waals surface area contributed by atoms with Crippen molar-refractivity contribution in [3.05, 3.63) is 48.0 Å². The third-order valence-electron chi connectivity index (χ3n) is 5.31. The number of aliphatic hydroxyl groups is 1. The largest absolute Gasteiger partial charge is 0.411 e. The van der Waals surface area contributed by atoms with Crippen molar-refractivity contribution in [2.45, 2.75) is 84.2 Å². The summed E-state index contributed by atoms with van der Waals surface area (Å²) in [5.41, 5.74) is 1.35. The van der Waals surface area contributed by atoms with Crippen molar-refractivity contribution in [3.8, 4) is 0 Å². The maximum atomic E-state index is 10.0. The third kappa shape index (κ3) is 7.89. The van der Waals surface area contributed by atoms with Gasteiger partial charge in [-0.1, -0.05) is 77.1 Å². The van der Waals surface area contributed by atoms with Gasteiger partial charge in [-0.25, -0.2) is 0 Å².